The standard InChI is InChI=1S/C12H26N2O3S/c1-10(2)13-6-8-18(15,16)14-11-5-7-17-12(3,4)9-11/h10-11,13-14H,5-9H2,1-4H3. The van der Waals surface area contributed by atoms with Gasteiger partial charge >= 0.3 is 0 Å². The first-order valence-corrected chi connectivity index (χ1v) is 8.23. The minimum atomic E-state index is -3.20. The molecule has 1 atom stereocenters. The number of ether oxygens (including phenoxy) is 1. The first-order valence-electron chi connectivity index (χ1n) is 6.57. The van der Waals surface area contributed by atoms with E-state index in [1.165, 1.54) is 0 Å². The molecule has 5 nitrogen and oxygen atoms in total. The molecule has 1 aliphatic rings. The van der Waals surface area contributed by atoms with Crippen LogP contribution < -0.4 is 10.0 Å². The summed E-state index contributed by atoms with van der Waals surface area (Å²) < 4.78 is 32.2. The van der Waals surface area contributed by atoms with Crippen LogP contribution in [-0.2, 0) is 14.8 Å². The second-order valence-corrected chi connectivity index (χ2v) is 7.72. The molecule has 1 saturated heterocycles. The lowest BCUT2D eigenvalue weighted by Crippen LogP contribution is -2.47. The highest BCUT2D eigenvalue weighted by molar-refractivity contribution is 7.89. The first-order chi connectivity index (χ1) is 8.20. The molecule has 1 heterocycles. The van der Waals surface area contributed by atoms with E-state index in [-0.39, 0.29) is 17.4 Å². The lowest BCUT2D eigenvalue weighted by molar-refractivity contribution is -0.0599. The lowest BCUT2D eigenvalue weighted by atomic mass is 9.95. The molecule has 1 aliphatic heterocycles. The van der Waals surface area contributed by atoms with E-state index in [4.69, 9.17) is 4.74 Å². The normalized spacial score (nSPS) is 24.4. The molecule has 0 aromatic rings. The smallest absolute Gasteiger partial charge is 0.213 e. The number of hydrogen-bond donors (Lipinski definition) is 2. The van der Waals surface area contributed by atoms with E-state index < -0.39 is 10.0 Å². The highest BCUT2D eigenvalue weighted by Gasteiger charge is 2.30. The van der Waals surface area contributed by atoms with Gasteiger partial charge in [-0.25, -0.2) is 13.1 Å². The van der Waals surface area contributed by atoms with E-state index in [0.29, 0.717) is 19.2 Å². The zero-order valence-corrected chi connectivity index (χ0v) is 12.6. The summed E-state index contributed by atoms with van der Waals surface area (Å²) in [6.07, 6.45) is 1.48. The number of hydrogen-bond acceptors (Lipinski definition) is 4. The van der Waals surface area contributed by atoms with Gasteiger partial charge in [-0.15, -0.1) is 0 Å². The summed E-state index contributed by atoms with van der Waals surface area (Å²) in [6.45, 7) is 9.09. The highest BCUT2D eigenvalue weighted by Crippen LogP contribution is 2.24. The zero-order valence-electron chi connectivity index (χ0n) is 11.8. The van der Waals surface area contributed by atoms with Crippen LogP contribution in [0.4, 0.5) is 0 Å². The Bertz CT molecular complexity index is 352. The Morgan fingerprint density at radius 1 is 1.39 bits per heavy atom. The first kappa shape index (κ1) is 15.9. The van der Waals surface area contributed by atoms with E-state index in [9.17, 15) is 8.42 Å². The van der Waals surface area contributed by atoms with Crippen LogP contribution in [-0.4, -0.2) is 45.0 Å². The summed E-state index contributed by atoms with van der Waals surface area (Å²) in [7, 11) is -3.20. The Labute approximate surface area is 111 Å². The summed E-state index contributed by atoms with van der Waals surface area (Å²) in [5.41, 5.74) is -0.235. The third-order valence-corrected chi connectivity index (χ3v) is 4.40. The summed E-state index contributed by atoms with van der Waals surface area (Å²) >= 11 is 0. The maximum atomic E-state index is 11.9. The number of sulfonamides is 1. The van der Waals surface area contributed by atoms with Crippen LogP contribution in [0.15, 0.2) is 0 Å². The van der Waals surface area contributed by atoms with Crippen LogP contribution in [0.5, 0.6) is 0 Å². The molecular formula is C12H26N2O3S. The molecule has 2 N–H and O–H groups in total. The van der Waals surface area contributed by atoms with Crippen molar-refractivity contribution in [2.24, 2.45) is 0 Å². The van der Waals surface area contributed by atoms with Crippen LogP contribution in [0.2, 0.25) is 0 Å². The van der Waals surface area contributed by atoms with Gasteiger partial charge in [-0.2, -0.15) is 0 Å². The van der Waals surface area contributed by atoms with E-state index in [0.717, 1.165) is 12.8 Å². The fraction of sp³-hybridized carbons (Fsp3) is 1.00. The minimum absolute atomic E-state index is 0.00204. The molecule has 0 radical (unpaired) electrons. The summed E-state index contributed by atoms with van der Waals surface area (Å²) in [5.74, 6) is 0.128. The fourth-order valence-electron chi connectivity index (χ4n) is 2.13. The predicted octanol–water partition coefficient (Wildman–Crippen LogP) is 0.861. The van der Waals surface area contributed by atoms with Gasteiger partial charge in [-0.1, -0.05) is 13.8 Å². The van der Waals surface area contributed by atoms with Crippen molar-refractivity contribution in [1.29, 1.82) is 0 Å². The third kappa shape index (κ3) is 6.13. The van der Waals surface area contributed by atoms with Gasteiger partial charge in [0.05, 0.1) is 11.4 Å². The molecule has 0 aromatic carbocycles. The molecule has 18 heavy (non-hydrogen) atoms. The van der Waals surface area contributed by atoms with Crippen molar-refractivity contribution in [3.8, 4) is 0 Å². The van der Waals surface area contributed by atoms with Gasteiger partial charge in [-0.05, 0) is 26.7 Å². The average Bonchev–Trinajstić information content (AvgIpc) is 2.13. The van der Waals surface area contributed by atoms with Crippen molar-refractivity contribution in [3.05, 3.63) is 0 Å². The van der Waals surface area contributed by atoms with Gasteiger partial charge in [-0.3, -0.25) is 0 Å². The number of nitrogens with one attached hydrogen (secondary N) is 2. The molecule has 0 bridgehead atoms. The molecule has 0 aromatic heterocycles. The van der Waals surface area contributed by atoms with E-state index in [2.05, 4.69) is 10.0 Å². The predicted molar refractivity (Wildman–Crippen MR) is 73.1 cm³/mol. The van der Waals surface area contributed by atoms with Crippen LogP contribution in [0.1, 0.15) is 40.5 Å². The monoisotopic (exact) mass is 278 g/mol. The molecule has 0 spiro atoms. The SMILES string of the molecule is CC(C)NCCS(=O)(=O)NC1CCOC(C)(C)C1. The molecular weight excluding hydrogens is 252 g/mol. The van der Waals surface area contributed by atoms with Crippen molar-refractivity contribution in [2.45, 2.75) is 58.2 Å². The molecule has 0 aliphatic carbocycles. The maximum Gasteiger partial charge on any atom is 0.213 e. The molecule has 108 valence electrons. The van der Waals surface area contributed by atoms with Crippen molar-refractivity contribution in [2.75, 3.05) is 18.9 Å². The molecule has 1 unspecified atom stereocenters. The largest absolute Gasteiger partial charge is 0.375 e. The van der Waals surface area contributed by atoms with Gasteiger partial charge < -0.3 is 10.1 Å². The Hall–Kier alpha value is -0.170. The Kier molecular flexibility index (Phi) is 5.58. The summed E-state index contributed by atoms with van der Waals surface area (Å²) in [6, 6.07) is 0.306. The van der Waals surface area contributed by atoms with Crippen molar-refractivity contribution in [1.82, 2.24) is 10.0 Å². The molecule has 1 rings (SSSR count). The quantitative estimate of drug-likeness (QED) is 0.756. The third-order valence-electron chi connectivity index (χ3n) is 2.97. The molecule has 0 saturated carbocycles. The van der Waals surface area contributed by atoms with E-state index in [1.807, 2.05) is 27.7 Å². The topological polar surface area (TPSA) is 67.4 Å². The van der Waals surface area contributed by atoms with Gasteiger partial charge in [0.1, 0.15) is 0 Å². The zero-order chi connectivity index (χ0) is 13.8. The highest BCUT2D eigenvalue weighted by atomic mass is 32.2. The maximum absolute atomic E-state index is 11.9. The van der Waals surface area contributed by atoms with E-state index in [1.54, 1.807) is 0 Å². The summed E-state index contributed by atoms with van der Waals surface area (Å²) in [5, 5.41) is 3.11. The average molecular weight is 278 g/mol. The van der Waals surface area contributed by atoms with E-state index >= 15 is 0 Å². The van der Waals surface area contributed by atoms with Crippen molar-refractivity contribution in [3.63, 3.8) is 0 Å². The number of rotatable bonds is 6. The van der Waals surface area contributed by atoms with Crippen LogP contribution in [0.25, 0.3) is 0 Å². The van der Waals surface area contributed by atoms with Gasteiger partial charge in [0.25, 0.3) is 0 Å². The van der Waals surface area contributed by atoms with Crippen LogP contribution in [0.3, 0.4) is 0 Å². The lowest BCUT2D eigenvalue weighted by Gasteiger charge is -2.35. The second kappa shape index (κ2) is 6.32. The van der Waals surface area contributed by atoms with Crippen LogP contribution >= 0.6 is 0 Å². The molecule has 6 heteroatoms. The molecule has 0 amide bonds. The Morgan fingerprint density at radius 3 is 2.61 bits per heavy atom. The van der Waals surface area contributed by atoms with Crippen molar-refractivity contribution < 1.29 is 13.2 Å². The Balaban J connectivity index is 2.40. The van der Waals surface area contributed by atoms with Gasteiger partial charge in [0.15, 0.2) is 0 Å². The van der Waals surface area contributed by atoms with Gasteiger partial charge in [0.2, 0.25) is 10.0 Å². The molecule has 1 fully saturated rings. The summed E-state index contributed by atoms with van der Waals surface area (Å²) in [4.78, 5) is 0. The second-order valence-electron chi connectivity index (χ2n) is 5.84. The van der Waals surface area contributed by atoms with Crippen LogP contribution in [0, 0.1) is 0 Å². The van der Waals surface area contributed by atoms with Gasteiger partial charge in [0, 0.05) is 25.2 Å². The Morgan fingerprint density at radius 2 is 2.06 bits per heavy atom. The van der Waals surface area contributed by atoms with Crippen molar-refractivity contribution >= 4 is 10.0 Å². The minimum Gasteiger partial charge on any atom is -0.375 e. The fourth-order valence-corrected chi connectivity index (χ4v) is 3.34.